The van der Waals surface area contributed by atoms with Crippen LogP contribution in [0.3, 0.4) is 0 Å². The van der Waals surface area contributed by atoms with Crippen LogP contribution in [0.25, 0.3) is 0 Å². The molecular weight excluding hydrogens is 200 g/mol. The first kappa shape index (κ1) is 11.4. The van der Waals surface area contributed by atoms with E-state index in [0.29, 0.717) is 11.3 Å². The molecule has 0 amide bonds. The molecule has 1 aromatic rings. The standard InChI is InChI=1S/C9H12N2O4/c1-10(12)6-7-5-8(11(13)14)3-4-9(7)15-2/h3-5,12H,6H2,1-2H3. The van der Waals surface area contributed by atoms with Crippen LogP contribution in [0.5, 0.6) is 5.75 Å². The first-order valence-corrected chi connectivity index (χ1v) is 4.26. The second-order valence-electron chi connectivity index (χ2n) is 3.07. The SMILES string of the molecule is COc1ccc([N+](=O)[O-])cc1CN(C)O. The van der Waals surface area contributed by atoms with Gasteiger partial charge in [-0.25, -0.2) is 0 Å². The second-order valence-corrected chi connectivity index (χ2v) is 3.07. The van der Waals surface area contributed by atoms with Gasteiger partial charge in [-0.3, -0.25) is 10.1 Å². The molecule has 0 aliphatic rings. The van der Waals surface area contributed by atoms with Crippen molar-refractivity contribution in [3.63, 3.8) is 0 Å². The summed E-state index contributed by atoms with van der Waals surface area (Å²) >= 11 is 0. The van der Waals surface area contributed by atoms with Gasteiger partial charge in [0.1, 0.15) is 5.75 Å². The third-order valence-corrected chi connectivity index (χ3v) is 1.87. The van der Waals surface area contributed by atoms with E-state index in [1.165, 1.54) is 32.4 Å². The number of non-ortho nitro benzene ring substituents is 1. The Morgan fingerprint density at radius 1 is 1.60 bits per heavy atom. The Balaban J connectivity index is 3.07. The van der Waals surface area contributed by atoms with Gasteiger partial charge < -0.3 is 9.94 Å². The third kappa shape index (κ3) is 2.90. The molecule has 6 nitrogen and oxygen atoms in total. The van der Waals surface area contributed by atoms with Crippen molar-refractivity contribution in [3.8, 4) is 5.75 Å². The minimum Gasteiger partial charge on any atom is -0.496 e. The van der Waals surface area contributed by atoms with E-state index in [0.717, 1.165) is 5.06 Å². The summed E-state index contributed by atoms with van der Waals surface area (Å²) in [5.41, 5.74) is 0.546. The van der Waals surface area contributed by atoms with Gasteiger partial charge in [-0.2, -0.15) is 5.06 Å². The van der Waals surface area contributed by atoms with Crippen LogP contribution in [-0.4, -0.2) is 29.4 Å². The van der Waals surface area contributed by atoms with Crippen LogP contribution in [0.1, 0.15) is 5.56 Å². The number of rotatable bonds is 4. The Morgan fingerprint density at radius 2 is 2.27 bits per heavy atom. The summed E-state index contributed by atoms with van der Waals surface area (Å²) < 4.78 is 5.02. The lowest BCUT2D eigenvalue weighted by Crippen LogP contribution is -2.12. The van der Waals surface area contributed by atoms with Gasteiger partial charge in [0, 0.05) is 24.7 Å². The zero-order valence-corrected chi connectivity index (χ0v) is 8.51. The number of methoxy groups -OCH3 is 1. The summed E-state index contributed by atoms with van der Waals surface area (Å²) in [6, 6.07) is 4.25. The number of nitro benzene ring substituents is 1. The Hall–Kier alpha value is -1.66. The number of hydrogen-bond acceptors (Lipinski definition) is 5. The Labute approximate surface area is 86.8 Å². The van der Waals surface area contributed by atoms with Crippen molar-refractivity contribution in [2.24, 2.45) is 0 Å². The van der Waals surface area contributed by atoms with Crippen LogP contribution >= 0.6 is 0 Å². The molecule has 1 rings (SSSR count). The molecule has 0 fully saturated rings. The highest BCUT2D eigenvalue weighted by atomic mass is 16.6. The van der Waals surface area contributed by atoms with Crippen molar-refractivity contribution in [2.45, 2.75) is 6.54 Å². The number of nitrogens with zero attached hydrogens (tertiary/aromatic N) is 2. The lowest BCUT2D eigenvalue weighted by molar-refractivity contribution is -0.385. The van der Waals surface area contributed by atoms with Gasteiger partial charge in [0.2, 0.25) is 0 Å². The number of benzene rings is 1. The van der Waals surface area contributed by atoms with E-state index in [-0.39, 0.29) is 12.2 Å². The number of nitro groups is 1. The fourth-order valence-electron chi connectivity index (χ4n) is 1.25. The molecular formula is C9H12N2O4. The van der Waals surface area contributed by atoms with Crippen molar-refractivity contribution in [1.82, 2.24) is 5.06 Å². The molecule has 0 atom stereocenters. The molecule has 0 saturated heterocycles. The van der Waals surface area contributed by atoms with Gasteiger partial charge in [0.05, 0.1) is 18.6 Å². The van der Waals surface area contributed by atoms with Gasteiger partial charge in [0.15, 0.2) is 0 Å². The summed E-state index contributed by atoms with van der Waals surface area (Å²) in [4.78, 5) is 10.0. The van der Waals surface area contributed by atoms with Gasteiger partial charge >= 0.3 is 0 Å². The van der Waals surface area contributed by atoms with Crippen LogP contribution < -0.4 is 4.74 Å². The van der Waals surface area contributed by atoms with Crippen LogP contribution in [0, 0.1) is 10.1 Å². The lowest BCUT2D eigenvalue weighted by atomic mass is 10.2. The summed E-state index contributed by atoms with van der Waals surface area (Å²) in [6.07, 6.45) is 0. The van der Waals surface area contributed by atoms with Crippen LogP contribution in [-0.2, 0) is 6.54 Å². The Morgan fingerprint density at radius 3 is 2.73 bits per heavy atom. The maximum Gasteiger partial charge on any atom is 0.270 e. The van der Waals surface area contributed by atoms with Crippen molar-refractivity contribution in [3.05, 3.63) is 33.9 Å². The maximum atomic E-state index is 10.5. The molecule has 6 heteroatoms. The molecule has 0 aromatic heterocycles. The fourth-order valence-corrected chi connectivity index (χ4v) is 1.25. The van der Waals surface area contributed by atoms with Crippen molar-refractivity contribution >= 4 is 5.69 Å². The average Bonchev–Trinajstić information content (AvgIpc) is 2.16. The topological polar surface area (TPSA) is 75.8 Å². The first-order chi connectivity index (χ1) is 7.04. The zero-order valence-electron chi connectivity index (χ0n) is 8.51. The molecule has 15 heavy (non-hydrogen) atoms. The molecule has 0 aliphatic carbocycles. The monoisotopic (exact) mass is 212 g/mol. The fraction of sp³-hybridized carbons (Fsp3) is 0.333. The van der Waals surface area contributed by atoms with Crippen molar-refractivity contribution in [1.29, 1.82) is 0 Å². The summed E-state index contributed by atoms with van der Waals surface area (Å²) in [6.45, 7) is 0.171. The first-order valence-electron chi connectivity index (χ1n) is 4.26. The molecule has 82 valence electrons. The molecule has 0 saturated carbocycles. The normalized spacial score (nSPS) is 10.4. The maximum absolute atomic E-state index is 10.5. The number of hydroxylamine groups is 2. The molecule has 0 bridgehead atoms. The largest absolute Gasteiger partial charge is 0.496 e. The molecule has 0 aliphatic heterocycles. The molecule has 0 radical (unpaired) electrons. The molecule has 1 N–H and O–H groups in total. The Kier molecular flexibility index (Phi) is 3.59. The van der Waals surface area contributed by atoms with Crippen LogP contribution in [0.4, 0.5) is 5.69 Å². The van der Waals surface area contributed by atoms with Crippen molar-refractivity contribution in [2.75, 3.05) is 14.2 Å². The van der Waals surface area contributed by atoms with Crippen molar-refractivity contribution < 1.29 is 14.9 Å². The molecule has 1 aromatic carbocycles. The van der Waals surface area contributed by atoms with E-state index in [9.17, 15) is 10.1 Å². The van der Waals surface area contributed by atoms with E-state index in [2.05, 4.69) is 0 Å². The predicted molar refractivity (Wildman–Crippen MR) is 52.9 cm³/mol. The van der Waals surface area contributed by atoms with E-state index in [4.69, 9.17) is 9.94 Å². The third-order valence-electron chi connectivity index (χ3n) is 1.87. The second kappa shape index (κ2) is 4.72. The minimum atomic E-state index is -0.486. The lowest BCUT2D eigenvalue weighted by Gasteiger charge is -2.11. The van der Waals surface area contributed by atoms with Crippen LogP contribution in [0.15, 0.2) is 18.2 Å². The number of ether oxygens (including phenoxy) is 1. The minimum absolute atomic E-state index is 0.0207. The molecule has 0 unspecified atom stereocenters. The molecule has 0 spiro atoms. The molecule has 0 heterocycles. The summed E-state index contributed by atoms with van der Waals surface area (Å²) in [5.74, 6) is 0.515. The number of hydrogen-bond donors (Lipinski definition) is 1. The van der Waals surface area contributed by atoms with Crippen LogP contribution in [0.2, 0.25) is 0 Å². The highest BCUT2D eigenvalue weighted by Gasteiger charge is 2.11. The van der Waals surface area contributed by atoms with Gasteiger partial charge in [0.25, 0.3) is 5.69 Å². The van der Waals surface area contributed by atoms with E-state index < -0.39 is 4.92 Å². The predicted octanol–water partition coefficient (Wildman–Crippen LogP) is 1.42. The van der Waals surface area contributed by atoms with Gasteiger partial charge in [-0.05, 0) is 6.07 Å². The van der Waals surface area contributed by atoms with E-state index in [1.54, 1.807) is 0 Å². The Bertz CT molecular complexity index is 365. The van der Waals surface area contributed by atoms with Gasteiger partial charge in [-0.15, -0.1) is 0 Å². The average molecular weight is 212 g/mol. The smallest absolute Gasteiger partial charge is 0.270 e. The summed E-state index contributed by atoms with van der Waals surface area (Å²) in [7, 11) is 2.93. The highest BCUT2D eigenvalue weighted by Crippen LogP contribution is 2.24. The van der Waals surface area contributed by atoms with Gasteiger partial charge in [-0.1, -0.05) is 0 Å². The summed E-state index contributed by atoms with van der Waals surface area (Å²) in [5, 5.41) is 20.5. The van der Waals surface area contributed by atoms with E-state index in [1.807, 2.05) is 0 Å². The zero-order chi connectivity index (χ0) is 11.4. The van der Waals surface area contributed by atoms with E-state index >= 15 is 0 Å². The highest BCUT2D eigenvalue weighted by molar-refractivity contribution is 5.43. The quantitative estimate of drug-likeness (QED) is 0.603.